The van der Waals surface area contributed by atoms with Crippen LogP contribution in [0.1, 0.15) is 29.0 Å². The van der Waals surface area contributed by atoms with Crippen LogP contribution < -0.4 is 15.4 Å². The average Bonchev–Trinajstić information content (AvgIpc) is 3.21. The van der Waals surface area contributed by atoms with Crippen LogP contribution >= 0.6 is 22.9 Å². The average molecular weight is 445 g/mol. The van der Waals surface area contributed by atoms with E-state index in [2.05, 4.69) is 20.6 Å². The van der Waals surface area contributed by atoms with Crippen LogP contribution in [0.4, 0.5) is 0 Å². The van der Waals surface area contributed by atoms with E-state index in [9.17, 15) is 5.11 Å². The monoisotopic (exact) mass is 444 g/mol. The van der Waals surface area contributed by atoms with Crippen molar-refractivity contribution in [2.45, 2.75) is 26.2 Å². The second-order valence-electron chi connectivity index (χ2n) is 6.48. The lowest BCUT2D eigenvalue weighted by Gasteiger charge is -2.15. The molecule has 1 atom stereocenters. The molecule has 8 heteroatoms. The molecule has 0 bridgehead atoms. The zero-order valence-corrected chi connectivity index (χ0v) is 18.3. The highest BCUT2D eigenvalue weighted by molar-refractivity contribution is 7.16. The molecule has 2 heterocycles. The maximum absolute atomic E-state index is 10.3. The summed E-state index contributed by atoms with van der Waals surface area (Å²) >= 11 is 7.31. The molecule has 3 N–H and O–H groups in total. The predicted octanol–water partition coefficient (Wildman–Crippen LogP) is 4.16. The van der Waals surface area contributed by atoms with Crippen molar-refractivity contribution in [2.24, 2.45) is 4.99 Å². The number of pyridine rings is 1. The molecule has 1 unspecified atom stereocenters. The summed E-state index contributed by atoms with van der Waals surface area (Å²) in [7, 11) is 0. The van der Waals surface area contributed by atoms with E-state index in [1.165, 1.54) is 11.3 Å². The lowest BCUT2D eigenvalue weighted by atomic mass is 10.2. The van der Waals surface area contributed by atoms with E-state index in [-0.39, 0.29) is 0 Å². The van der Waals surface area contributed by atoms with Crippen molar-refractivity contribution in [1.29, 1.82) is 0 Å². The van der Waals surface area contributed by atoms with E-state index in [1.54, 1.807) is 12.3 Å². The lowest BCUT2D eigenvalue weighted by Crippen LogP contribution is -2.39. The lowest BCUT2D eigenvalue weighted by molar-refractivity contribution is 0.184. The summed E-state index contributed by atoms with van der Waals surface area (Å²) in [6.07, 6.45) is 1.05. The number of hydrogen-bond acceptors (Lipinski definition) is 5. The number of aliphatic hydroxyl groups excluding tert-OH is 1. The van der Waals surface area contributed by atoms with Gasteiger partial charge in [-0.2, -0.15) is 0 Å². The summed E-state index contributed by atoms with van der Waals surface area (Å²) in [5.74, 6) is 1.17. The molecule has 30 heavy (non-hydrogen) atoms. The summed E-state index contributed by atoms with van der Waals surface area (Å²) in [5.41, 5.74) is 1.96. The minimum atomic E-state index is -0.658. The van der Waals surface area contributed by atoms with Gasteiger partial charge in [0, 0.05) is 29.7 Å². The molecular formula is C22H25ClN4O2S. The number of aromatic nitrogens is 1. The molecule has 0 radical (unpaired) electrons. The van der Waals surface area contributed by atoms with Gasteiger partial charge in [-0.05, 0) is 30.7 Å². The zero-order chi connectivity index (χ0) is 21.2. The fraction of sp³-hybridized carbons (Fsp3) is 0.273. The van der Waals surface area contributed by atoms with Crippen LogP contribution in [0.2, 0.25) is 4.34 Å². The van der Waals surface area contributed by atoms with Crippen LogP contribution in [-0.2, 0) is 13.2 Å². The van der Waals surface area contributed by atoms with Crippen molar-refractivity contribution >= 4 is 28.9 Å². The first-order valence-corrected chi connectivity index (χ1v) is 10.9. The van der Waals surface area contributed by atoms with E-state index in [0.29, 0.717) is 42.4 Å². The largest absolute Gasteiger partial charge is 0.473 e. The van der Waals surface area contributed by atoms with E-state index in [1.807, 2.05) is 55.5 Å². The second-order valence-corrected chi connectivity index (χ2v) is 8.22. The highest BCUT2D eigenvalue weighted by atomic mass is 35.5. The fourth-order valence-electron chi connectivity index (χ4n) is 2.71. The molecule has 0 saturated carbocycles. The number of guanidine groups is 1. The Morgan fingerprint density at radius 2 is 2.00 bits per heavy atom. The highest BCUT2D eigenvalue weighted by Gasteiger charge is 2.11. The van der Waals surface area contributed by atoms with Gasteiger partial charge in [0.2, 0.25) is 5.88 Å². The van der Waals surface area contributed by atoms with Crippen molar-refractivity contribution in [3.8, 4) is 5.88 Å². The van der Waals surface area contributed by atoms with Crippen molar-refractivity contribution in [2.75, 3.05) is 13.1 Å². The first kappa shape index (κ1) is 22.1. The third-order valence-corrected chi connectivity index (χ3v) is 5.54. The van der Waals surface area contributed by atoms with Gasteiger partial charge in [-0.25, -0.2) is 9.98 Å². The number of benzene rings is 1. The van der Waals surface area contributed by atoms with E-state index >= 15 is 0 Å². The van der Waals surface area contributed by atoms with Crippen LogP contribution in [0.25, 0.3) is 0 Å². The number of ether oxygens (including phenoxy) is 1. The number of aliphatic hydroxyl groups is 1. The first-order chi connectivity index (χ1) is 14.7. The summed E-state index contributed by atoms with van der Waals surface area (Å²) in [6.45, 7) is 3.87. The summed E-state index contributed by atoms with van der Waals surface area (Å²) in [5, 5.41) is 16.7. The second kappa shape index (κ2) is 11.5. The number of aliphatic imine (C=N–C) groups is 1. The highest BCUT2D eigenvalue weighted by Crippen LogP contribution is 2.26. The van der Waals surface area contributed by atoms with E-state index in [0.717, 1.165) is 16.0 Å². The van der Waals surface area contributed by atoms with Crippen molar-refractivity contribution in [3.63, 3.8) is 0 Å². The molecular weight excluding hydrogens is 420 g/mol. The number of halogens is 1. The maximum atomic E-state index is 10.3. The molecule has 0 saturated heterocycles. The summed E-state index contributed by atoms with van der Waals surface area (Å²) < 4.78 is 6.56. The number of thiophene rings is 1. The summed E-state index contributed by atoms with van der Waals surface area (Å²) in [6, 6.07) is 17.4. The summed E-state index contributed by atoms with van der Waals surface area (Å²) in [4.78, 5) is 9.77. The number of rotatable bonds is 9. The fourth-order valence-corrected chi connectivity index (χ4v) is 3.75. The molecule has 0 amide bonds. The quantitative estimate of drug-likeness (QED) is 0.341. The van der Waals surface area contributed by atoms with Crippen molar-refractivity contribution < 1.29 is 9.84 Å². The molecule has 0 aliphatic heterocycles. The Kier molecular flexibility index (Phi) is 8.50. The number of hydrogen-bond donors (Lipinski definition) is 3. The molecule has 158 valence electrons. The van der Waals surface area contributed by atoms with Gasteiger partial charge < -0.3 is 20.5 Å². The van der Waals surface area contributed by atoms with Crippen molar-refractivity contribution in [1.82, 2.24) is 15.6 Å². The van der Waals surface area contributed by atoms with Gasteiger partial charge in [-0.3, -0.25) is 0 Å². The van der Waals surface area contributed by atoms with Gasteiger partial charge in [-0.1, -0.05) is 48.0 Å². The Hall–Kier alpha value is -2.61. The molecule has 1 aromatic carbocycles. The molecule has 3 rings (SSSR count). The maximum Gasteiger partial charge on any atom is 0.218 e. The van der Waals surface area contributed by atoms with Gasteiger partial charge in [-0.15, -0.1) is 11.3 Å². The normalized spacial score (nSPS) is 12.4. The van der Waals surface area contributed by atoms with Crippen LogP contribution in [0.3, 0.4) is 0 Å². The Bertz CT molecular complexity index is 949. The van der Waals surface area contributed by atoms with Gasteiger partial charge in [0.1, 0.15) is 12.7 Å². The van der Waals surface area contributed by atoms with Gasteiger partial charge in [0.05, 0.1) is 10.9 Å². The zero-order valence-electron chi connectivity index (χ0n) is 16.7. The molecule has 0 aliphatic carbocycles. The van der Waals surface area contributed by atoms with Gasteiger partial charge >= 0.3 is 0 Å². The SMILES string of the molecule is CCNC(=NCc1cccnc1OCc1ccccc1)NCC(O)c1ccc(Cl)s1. The third-order valence-electron chi connectivity index (χ3n) is 4.21. The van der Waals surface area contributed by atoms with E-state index in [4.69, 9.17) is 16.3 Å². The smallest absolute Gasteiger partial charge is 0.218 e. The number of nitrogens with zero attached hydrogens (tertiary/aromatic N) is 2. The van der Waals surface area contributed by atoms with Crippen LogP contribution in [-0.4, -0.2) is 29.1 Å². The molecule has 0 fully saturated rings. The van der Waals surface area contributed by atoms with Crippen LogP contribution in [0, 0.1) is 0 Å². The molecule has 0 spiro atoms. The molecule has 6 nitrogen and oxygen atoms in total. The topological polar surface area (TPSA) is 78.8 Å². The standard InChI is InChI=1S/C22H25ClN4O2S/c1-2-24-22(27-14-18(28)19-10-11-20(23)30-19)26-13-17-9-6-12-25-21(17)29-15-16-7-4-3-5-8-16/h3-12,18,28H,2,13-15H2,1H3,(H2,24,26,27). The number of nitrogens with one attached hydrogen (secondary N) is 2. The predicted molar refractivity (Wildman–Crippen MR) is 122 cm³/mol. The minimum Gasteiger partial charge on any atom is -0.473 e. The molecule has 2 aromatic heterocycles. The van der Waals surface area contributed by atoms with Crippen LogP contribution in [0.15, 0.2) is 65.8 Å². The first-order valence-electron chi connectivity index (χ1n) is 9.71. The van der Waals surface area contributed by atoms with Gasteiger partial charge in [0.15, 0.2) is 5.96 Å². The molecule has 3 aromatic rings. The Balaban J connectivity index is 1.61. The van der Waals surface area contributed by atoms with E-state index < -0.39 is 6.10 Å². The van der Waals surface area contributed by atoms with Crippen molar-refractivity contribution in [3.05, 3.63) is 81.1 Å². The Morgan fingerprint density at radius 3 is 2.73 bits per heavy atom. The van der Waals surface area contributed by atoms with Crippen LogP contribution in [0.5, 0.6) is 5.88 Å². The minimum absolute atomic E-state index is 0.326. The van der Waals surface area contributed by atoms with Gasteiger partial charge in [0.25, 0.3) is 0 Å². The Morgan fingerprint density at radius 1 is 1.17 bits per heavy atom. The Labute approximate surface area is 185 Å². The molecule has 0 aliphatic rings. The third kappa shape index (κ3) is 6.73.